The van der Waals surface area contributed by atoms with Crippen molar-refractivity contribution in [1.29, 1.82) is 0 Å². The summed E-state index contributed by atoms with van der Waals surface area (Å²) in [5.41, 5.74) is 2.21. The third-order valence-corrected chi connectivity index (χ3v) is 5.59. The molecule has 0 amide bonds. The molecule has 3 rings (SSSR count). The number of benzene rings is 1. The van der Waals surface area contributed by atoms with Crippen LogP contribution in [0.1, 0.15) is 31.2 Å². The first-order chi connectivity index (χ1) is 9.17. The number of anilines is 1. The molecule has 2 saturated carbocycles. The topological polar surface area (TPSA) is 3.24 Å². The lowest BCUT2D eigenvalue weighted by molar-refractivity contribution is 0.337. The summed E-state index contributed by atoms with van der Waals surface area (Å²) in [4.78, 5) is 2.32. The number of nitrogens with zero attached hydrogens (tertiary/aromatic N) is 1. The minimum Gasteiger partial charge on any atom is -0.374 e. The van der Waals surface area contributed by atoms with Gasteiger partial charge < -0.3 is 4.90 Å². The van der Waals surface area contributed by atoms with E-state index in [0.717, 1.165) is 29.9 Å². The molecular formula is C16H21BrFN. The summed E-state index contributed by atoms with van der Waals surface area (Å²) in [6.07, 6.45) is 5.74. The third-order valence-electron chi connectivity index (χ3n) is 4.99. The Morgan fingerprint density at radius 2 is 2.16 bits per heavy atom. The van der Waals surface area contributed by atoms with E-state index >= 15 is 0 Å². The second kappa shape index (κ2) is 5.43. The molecule has 19 heavy (non-hydrogen) atoms. The first-order valence-corrected chi connectivity index (χ1v) is 8.35. The largest absolute Gasteiger partial charge is 0.374 e. The summed E-state index contributed by atoms with van der Waals surface area (Å²) in [6.45, 7) is 1.12. The maximum Gasteiger partial charge on any atom is 0.123 e. The van der Waals surface area contributed by atoms with Gasteiger partial charge in [0.25, 0.3) is 0 Å². The fraction of sp³-hybridized carbons (Fsp3) is 0.625. The summed E-state index contributed by atoms with van der Waals surface area (Å²) in [6, 6.07) is 5.12. The first kappa shape index (κ1) is 13.4. The van der Waals surface area contributed by atoms with Crippen molar-refractivity contribution < 1.29 is 4.39 Å². The van der Waals surface area contributed by atoms with Gasteiger partial charge in [0, 0.05) is 24.6 Å². The zero-order valence-electron chi connectivity index (χ0n) is 11.4. The van der Waals surface area contributed by atoms with Crippen LogP contribution >= 0.6 is 15.9 Å². The van der Waals surface area contributed by atoms with Crippen LogP contribution in [0.15, 0.2) is 18.2 Å². The van der Waals surface area contributed by atoms with E-state index in [-0.39, 0.29) is 5.82 Å². The predicted octanol–water partition coefficient (Wildman–Crippen LogP) is 4.59. The van der Waals surface area contributed by atoms with E-state index in [2.05, 4.69) is 27.9 Å². The van der Waals surface area contributed by atoms with Gasteiger partial charge >= 0.3 is 0 Å². The van der Waals surface area contributed by atoms with Gasteiger partial charge in [0.05, 0.1) is 0 Å². The Kier molecular flexibility index (Phi) is 3.84. The van der Waals surface area contributed by atoms with Crippen LogP contribution in [0, 0.1) is 23.6 Å². The molecule has 3 heteroatoms. The minimum absolute atomic E-state index is 0.147. The van der Waals surface area contributed by atoms with Crippen molar-refractivity contribution in [1.82, 2.24) is 0 Å². The zero-order chi connectivity index (χ0) is 13.4. The molecule has 0 N–H and O–H groups in total. The Hall–Kier alpha value is -0.570. The predicted molar refractivity (Wildman–Crippen MR) is 81.2 cm³/mol. The molecule has 1 aromatic rings. The monoisotopic (exact) mass is 325 g/mol. The highest BCUT2D eigenvalue weighted by Crippen LogP contribution is 2.48. The van der Waals surface area contributed by atoms with E-state index in [1.54, 1.807) is 12.1 Å². The highest BCUT2D eigenvalue weighted by molar-refractivity contribution is 9.08. The summed E-state index contributed by atoms with van der Waals surface area (Å²) < 4.78 is 13.3. The van der Waals surface area contributed by atoms with E-state index in [9.17, 15) is 4.39 Å². The van der Waals surface area contributed by atoms with E-state index in [0.29, 0.717) is 5.33 Å². The quantitative estimate of drug-likeness (QED) is 0.731. The Morgan fingerprint density at radius 1 is 1.32 bits per heavy atom. The van der Waals surface area contributed by atoms with E-state index < -0.39 is 0 Å². The van der Waals surface area contributed by atoms with Crippen molar-refractivity contribution >= 4 is 21.6 Å². The second-order valence-electron chi connectivity index (χ2n) is 6.22. The van der Waals surface area contributed by atoms with Crippen LogP contribution in [0.2, 0.25) is 0 Å². The van der Waals surface area contributed by atoms with Crippen molar-refractivity contribution in [3.05, 3.63) is 29.6 Å². The van der Waals surface area contributed by atoms with Crippen molar-refractivity contribution in [2.45, 2.75) is 31.0 Å². The smallest absolute Gasteiger partial charge is 0.123 e. The summed E-state index contributed by atoms with van der Waals surface area (Å²) in [5.74, 6) is 2.64. The fourth-order valence-corrected chi connectivity index (χ4v) is 4.53. The van der Waals surface area contributed by atoms with E-state index in [1.807, 2.05) is 6.07 Å². The average molecular weight is 326 g/mol. The molecule has 0 spiro atoms. The van der Waals surface area contributed by atoms with Crippen LogP contribution in [-0.2, 0) is 5.33 Å². The Labute approximate surface area is 123 Å². The van der Waals surface area contributed by atoms with Gasteiger partial charge in [-0.05, 0) is 60.8 Å². The maximum absolute atomic E-state index is 13.3. The highest BCUT2D eigenvalue weighted by atomic mass is 79.9. The average Bonchev–Trinajstić information content (AvgIpc) is 3.00. The van der Waals surface area contributed by atoms with Gasteiger partial charge in [-0.2, -0.15) is 0 Å². The maximum atomic E-state index is 13.3. The van der Waals surface area contributed by atoms with E-state index in [1.165, 1.54) is 31.4 Å². The number of rotatable bonds is 4. The summed E-state index contributed by atoms with van der Waals surface area (Å²) in [7, 11) is 2.14. The zero-order valence-corrected chi connectivity index (χ0v) is 13.0. The number of halogens is 2. The lowest BCUT2D eigenvalue weighted by Gasteiger charge is -2.29. The number of hydrogen-bond acceptors (Lipinski definition) is 1. The van der Waals surface area contributed by atoms with Crippen molar-refractivity contribution in [3.8, 4) is 0 Å². The molecule has 0 aromatic heterocycles. The highest BCUT2D eigenvalue weighted by Gasteiger charge is 2.39. The molecule has 3 atom stereocenters. The first-order valence-electron chi connectivity index (χ1n) is 7.23. The standard InChI is InChI=1S/C16H21BrFN/c1-19(10-14-7-11-2-3-12(14)6-11)16-5-4-15(18)8-13(16)9-17/h4-5,8,11-12,14H,2-3,6-7,9-10H2,1H3. The summed E-state index contributed by atoms with van der Waals surface area (Å²) >= 11 is 3.46. The molecule has 2 fully saturated rings. The van der Waals surface area contributed by atoms with Gasteiger partial charge in [0.1, 0.15) is 5.82 Å². The van der Waals surface area contributed by atoms with Gasteiger partial charge in [-0.3, -0.25) is 0 Å². The molecule has 0 saturated heterocycles. The lowest BCUT2D eigenvalue weighted by Crippen LogP contribution is -2.29. The van der Waals surface area contributed by atoms with Crippen LogP contribution in [-0.4, -0.2) is 13.6 Å². The van der Waals surface area contributed by atoms with Gasteiger partial charge in [0.15, 0.2) is 0 Å². The molecule has 1 aromatic carbocycles. The van der Waals surface area contributed by atoms with Gasteiger partial charge in [-0.25, -0.2) is 4.39 Å². The lowest BCUT2D eigenvalue weighted by atomic mass is 9.88. The van der Waals surface area contributed by atoms with Crippen LogP contribution < -0.4 is 4.90 Å². The van der Waals surface area contributed by atoms with E-state index in [4.69, 9.17) is 0 Å². The summed E-state index contributed by atoms with van der Waals surface area (Å²) in [5, 5.41) is 0.709. The molecule has 0 radical (unpaired) electrons. The molecule has 2 bridgehead atoms. The molecule has 2 aliphatic carbocycles. The Morgan fingerprint density at radius 3 is 2.79 bits per heavy atom. The Bertz CT molecular complexity index is 462. The molecule has 104 valence electrons. The molecule has 2 aliphatic rings. The van der Waals surface area contributed by atoms with Crippen LogP contribution in [0.3, 0.4) is 0 Å². The van der Waals surface area contributed by atoms with Crippen LogP contribution in [0.4, 0.5) is 10.1 Å². The number of alkyl halides is 1. The number of hydrogen-bond donors (Lipinski definition) is 0. The molecule has 0 aliphatic heterocycles. The SMILES string of the molecule is CN(CC1CC2CCC1C2)c1ccc(F)cc1CBr. The van der Waals surface area contributed by atoms with Crippen molar-refractivity contribution in [2.24, 2.45) is 17.8 Å². The molecule has 1 nitrogen and oxygen atoms in total. The minimum atomic E-state index is -0.147. The van der Waals surface area contributed by atoms with Gasteiger partial charge in [0.2, 0.25) is 0 Å². The molecule has 0 heterocycles. The third kappa shape index (κ3) is 2.67. The van der Waals surface area contributed by atoms with Crippen LogP contribution in [0.5, 0.6) is 0 Å². The van der Waals surface area contributed by atoms with Crippen LogP contribution in [0.25, 0.3) is 0 Å². The van der Waals surface area contributed by atoms with Gasteiger partial charge in [-0.1, -0.05) is 22.4 Å². The fourth-order valence-electron chi connectivity index (χ4n) is 4.08. The van der Waals surface area contributed by atoms with Gasteiger partial charge in [-0.15, -0.1) is 0 Å². The second-order valence-corrected chi connectivity index (χ2v) is 6.78. The van der Waals surface area contributed by atoms with Crippen molar-refractivity contribution in [3.63, 3.8) is 0 Å². The molecule has 3 unspecified atom stereocenters. The number of fused-ring (bicyclic) bond motifs is 2. The normalized spacial score (nSPS) is 28.9. The Balaban J connectivity index is 1.71. The molecular weight excluding hydrogens is 305 g/mol. The van der Waals surface area contributed by atoms with Crippen molar-refractivity contribution in [2.75, 3.05) is 18.5 Å².